The fourth-order valence-electron chi connectivity index (χ4n) is 3.78. The van der Waals surface area contributed by atoms with E-state index in [1.807, 2.05) is 30.5 Å². The summed E-state index contributed by atoms with van der Waals surface area (Å²) in [5.41, 5.74) is 5.45. The van der Waals surface area contributed by atoms with Gasteiger partial charge in [-0.2, -0.15) is 0 Å². The monoisotopic (exact) mass is 337 g/mol. The third-order valence-corrected chi connectivity index (χ3v) is 5.20. The number of amides is 1. The molecule has 2 atom stereocenters. The molecule has 25 heavy (non-hydrogen) atoms. The van der Waals surface area contributed by atoms with Gasteiger partial charge in [0.15, 0.2) is 0 Å². The lowest BCUT2D eigenvalue weighted by molar-refractivity contribution is 0.0963. The molecule has 0 bridgehead atoms. The molecule has 1 aliphatic carbocycles. The molecular formula is C21H27N3O. The highest BCUT2D eigenvalue weighted by Crippen LogP contribution is 2.35. The number of carbonyl (C=O) groups excluding carboxylic acids is 1. The van der Waals surface area contributed by atoms with E-state index in [1.165, 1.54) is 29.7 Å². The van der Waals surface area contributed by atoms with Gasteiger partial charge in [-0.1, -0.05) is 18.6 Å². The van der Waals surface area contributed by atoms with Gasteiger partial charge in [-0.25, -0.2) is 0 Å². The average Bonchev–Trinajstić information content (AvgIpc) is 2.63. The second-order valence-corrected chi connectivity index (χ2v) is 7.02. The minimum absolute atomic E-state index is 0.0475. The van der Waals surface area contributed by atoms with E-state index in [1.54, 1.807) is 7.05 Å². The van der Waals surface area contributed by atoms with Crippen molar-refractivity contribution in [2.75, 3.05) is 12.4 Å². The largest absolute Gasteiger partial charge is 0.382 e. The highest BCUT2D eigenvalue weighted by atomic mass is 16.1. The van der Waals surface area contributed by atoms with Crippen LogP contribution in [0.1, 0.15) is 58.8 Å². The molecule has 2 N–H and O–H groups in total. The summed E-state index contributed by atoms with van der Waals surface area (Å²) in [4.78, 5) is 16.5. The van der Waals surface area contributed by atoms with Crippen LogP contribution in [-0.4, -0.2) is 24.0 Å². The van der Waals surface area contributed by atoms with Crippen LogP contribution in [0, 0.1) is 13.8 Å². The van der Waals surface area contributed by atoms with E-state index in [2.05, 4.69) is 35.5 Å². The molecule has 1 aliphatic rings. The number of rotatable bonds is 4. The molecular weight excluding hydrogens is 310 g/mol. The third kappa shape index (κ3) is 4.01. The first-order chi connectivity index (χ1) is 12.1. The molecule has 3 rings (SSSR count). The lowest BCUT2D eigenvalue weighted by atomic mass is 9.82. The van der Waals surface area contributed by atoms with Gasteiger partial charge in [0.05, 0.1) is 0 Å². The van der Waals surface area contributed by atoms with E-state index in [4.69, 9.17) is 0 Å². The van der Waals surface area contributed by atoms with E-state index in [0.717, 1.165) is 18.5 Å². The van der Waals surface area contributed by atoms with Crippen molar-refractivity contribution in [2.24, 2.45) is 0 Å². The summed E-state index contributed by atoms with van der Waals surface area (Å²) in [5.74, 6) is 0.462. The Labute approximate surface area is 150 Å². The molecule has 1 aromatic carbocycles. The Balaban J connectivity index is 1.75. The first-order valence-electron chi connectivity index (χ1n) is 9.09. The summed E-state index contributed by atoms with van der Waals surface area (Å²) in [6.45, 7) is 4.23. The molecule has 4 heteroatoms. The summed E-state index contributed by atoms with van der Waals surface area (Å²) in [6, 6.07) is 10.4. The Bertz CT molecular complexity index is 757. The number of hydrogen-bond acceptors (Lipinski definition) is 3. The normalized spacial score (nSPS) is 20.1. The second kappa shape index (κ2) is 7.68. The van der Waals surface area contributed by atoms with Gasteiger partial charge in [0.25, 0.3) is 5.91 Å². The van der Waals surface area contributed by atoms with Crippen molar-refractivity contribution in [3.05, 3.63) is 58.9 Å². The number of nitrogens with zero attached hydrogens (tertiary/aromatic N) is 1. The Hall–Kier alpha value is -2.36. The molecule has 1 amide bonds. The van der Waals surface area contributed by atoms with E-state index in [-0.39, 0.29) is 5.91 Å². The van der Waals surface area contributed by atoms with E-state index >= 15 is 0 Å². The van der Waals surface area contributed by atoms with Crippen LogP contribution in [0.2, 0.25) is 0 Å². The maximum absolute atomic E-state index is 11.9. The van der Waals surface area contributed by atoms with Gasteiger partial charge >= 0.3 is 0 Å². The molecule has 4 nitrogen and oxygen atoms in total. The minimum Gasteiger partial charge on any atom is -0.382 e. The number of pyridine rings is 1. The number of aromatic nitrogens is 1. The number of nitrogens with one attached hydrogen (secondary N) is 2. The fraction of sp³-hybridized carbons (Fsp3) is 0.429. The fourth-order valence-corrected chi connectivity index (χ4v) is 3.78. The number of hydrogen-bond donors (Lipinski definition) is 2. The van der Waals surface area contributed by atoms with Gasteiger partial charge < -0.3 is 10.6 Å². The summed E-state index contributed by atoms with van der Waals surface area (Å²) in [6.07, 6.45) is 6.55. The zero-order chi connectivity index (χ0) is 17.8. The summed E-state index contributed by atoms with van der Waals surface area (Å²) < 4.78 is 0. The van der Waals surface area contributed by atoms with Crippen molar-refractivity contribution < 1.29 is 4.79 Å². The zero-order valence-corrected chi connectivity index (χ0v) is 15.3. The van der Waals surface area contributed by atoms with Gasteiger partial charge in [0.2, 0.25) is 0 Å². The van der Waals surface area contributed by atoms with E-state index < -0.39 is 0 Å². The topological polar surface area (TPSA) is 54.0 Å². The number of anilines is 1. The molecule has 0 aliphatic heterocycles. The van der Waals surface area contributed by atoms with Gasteiger partial charge in [0.1, 0.15) is 0 Å². The molecule has 1 saturated carbocycles. The van der Waals surface area contributed by atoms with Crippen molar-refractivity contribution in [3.8, 4) is 0 Å². The summed E-state index contributed by atoms with van der Waals surface area (Å²) >= 11 is 0. The minimum atomic E-state index is -0.0475. The van der Waals surface area contributed by atoms with Crippen LogP contribution in [0.15, 0.2) is 36.5 Å². The molecule has 0 spiro atoms. The maximum atomic E-state index is 11.9. The number of carbonyl (C=O) groups is 1. The Morgan fingerprint density at radius 1 is 1.16 bits per heavy atom. The van der Waals surface area contributed by atoms with Crippen LogP contribution >= 0.6 is 0 Å². The number of benzene rings is 1. The Morgan fingerprint density at radius 2 is 2.00 bits per heavy atom. The van der Waals surface area contributed by atoms with Gasteiger partial charge in [-0.15, -0.1) is 0 Å². The first kappa shape index (κ1) is 17.5. The molecule has 1 fully saturated rings. The van der Waals surface area contributed by atoms with Crippen LogP contribution in [0.3, 0.4) is 0 Å². The van der Waals surface area contributed by atoms with Crippen LogP contribution in [-0.2, 0) is 0 Å². The van der Waals surface area contributed by atoms with Gasteiger partial charge in [0, 0.05) is 42.1 Å². The molecule has 0 saturated heterocycles. The van der Waals surface area contributed by atoms with Crippen molar-refractivity contribution in [1.82, 2.24) is 10.3 Å². The predicted molar refractivity (Wildman–Crippen MR) is 102 cm³/mol. The third-order valence-electron chi connectivity index (χ3n) is 5.20. The van der Waals surface area contributed by atoms with Crippen molar-refractivity contribution in [2.45, 2.75) is 51.5 Å². The van der Waals surface area contributed by atoms with Crippen molar-refractivity contribution in [1.29, 1.82) is 0 Å². The Morgan fingerprint density at radius 3 is 2.76 bits per heavy atom. The summed E-state index contributed by atoms with van der Waals surface area (Å²) in [5, 5.41) is 6.37. The first-order valence-corrected chi connectivity index (χ1v) is 9.09. The smallest absolute Gasteiger partial charge is 0.251 e. The second-order valence-electron chi connectivity index (χ2n) is 7.02. The Kier molecular flexibility index (Phi) is 5.37. The highest BCUT2D eigenvalue weighted by Gasteiger charge is 2.25. The van der Waals surface area contributed by atoms with Crippen molar-refractivity contribution >= 4 is 11.6 Å². The highest BCUT2D eigenvalue weighted by molar-refractivity contribution is 5.95. The van der Waals surface area contributed by atoms with E-state index in [9.17, 15) is 4.79 Å². The van der Waals surface area contributed by atoms with Crippen LogP contribution < -0.4 is 10.6 Å². The van der Waals surface area contributed by atoms with Crippen LogP contribution in [0.25, 0.3) is 0 Å². The molecule has 1 aromatic heterocycles. The van der Waals surface area contributed by atoms with Gasteiger partial charge in [-0.05, 0) is 62.4 Å². The lowest BCUT2D eigenvalue weighted by Crippen LogP contribution is -2.27. The quantitative estimate of drug-likeness (QED) is 0.879. The molecule has 0 radical (unpaired) electrons. The number of aryl methyl sites for hydroxylation is 2. The van der Waals surface area contributed by atoms with Crippen molar-refractivity contribution in [3.63, 3.8) is 0 Å². The zero-order valence-electron chi connectivity index (χ0n) is 15.3. The van der Waals surface area contributed by atoms with Crippen LogP contribution in [0.4, 0.5) is 5.69 Å². The molecule has 132 valence electrons. The van der Waals surface area contributed by atoms with Gasteiger partial charge in [-0.3, -0.25) is 9.78 Å². The molecule has 2 unspecified atom stereocenters. The maximum Gasteiger partial charge on any atom is 0.251 e. The SMILES string of the molecule is CNC(=O)c1ccc(C)c(NC2CCCC(c3ncccc3C)C2)c1. The standard InChI is InChI=1S/C21H27N3O/c1-14-9-10-17(21(25)22-3)13-19(14)24-18-8-4-7-16(12-18)20-15(2)6-5-11-23-20/h5-6,9-11,13,16,18,24H,4,7-8,12H2,1-3H3,(H,22,25). The summed E-state index contributed by atoms with van der Waals surface area (Å²) in [7, 11) is 1.66. The predicted octanol–water partition coefficient (Wildman–Crippen LogP) is 4.20. The molecule has 1 heterocycles. The lowest BCUT2D eigenvalue weighted by Gasteiger charge is -2.31. The average molecular weight is 337 g/mol. The van der Waals surface area contributed by atoms with Crippen LogP contribution in [0.5, 0.6) is 0 Å². The molecule has 2 aromatic rings. The van der Waals surface area contributed by atoms with E-state index in [0.29, 0.717) is 17.5 Å².